The number of hydrogen-bond donors (Lipinski definition) is 0. The molecule has 120 valence electrons. The molecule has 0 saturated carbocycles. The summed E-state index contributed by atoms with van der Waals surface area (Å²) in [4.78, 5) is 22.6. The molecule has 0 atom stereocenters. The molecule has 0 bridgehead atoms. The summed E-state index contributed by atoms with van der Waals surface area (Å²) >= 11 is 0. The molecule has 0 N–H and O–H groups in total. The number of nitro benzene ring substituents is 1. The summed E-state index contributed by atoms with van der Waals surface area (Å²) in [5.74, 6) is -0.0945. The van der Waals surface area contributed by atoms with Crippen LogP contribution in [0.1, 0.15) is 11.1 Å². The first kappa shape index (κ1) is 15.7. The highest BCUT2D eigenvalue weighted by Crippen LogP contribution is 2.24. The minimum atomic E-state index is -0.461. The maximum atomic E-state index is 12.2. The van der Waals surface area contributed by atoms with Gasteiger partial charge in [0.05, 0.1) is 11.3 Å². The molecule has 0 unspecified atom stereocenters. The molecule has 3 aromatic carbocycles. The number of nitrogens with zero attached hydrogens (tertiary/aromatic N) is 1. The first-order valence-corrected chi connectivity index (χ1v) is 7.47. The minimum Gasteiger partial charge on any atom is -0.426 e. The number of carbonyl (C=O) groups excluding carboxylic acids is 1. The SMILES string of the molecule is Cc1cc(OC(=O)Cc2cccc3ccccc23)ccc1[N+](=O)[O-]. The Hall–Kier alpha value is -3.21. The summed E-state index contributed by atoms with van der Waals surface area (Å²) in [6.45, 7) is 1.61. The zero-order chi connectivity index (χ0) is 17.1. The zero-order valence-corrected chi connectivity index (χ0v) is 13.1. The van der Waals surface area contributed by atoms with Crippen molar-refractivity contribution in [2.24, 2.45) is 0 Å². The van der Waals surface area contributed by atoms with E-state index in [0.717, 1.165) is 16.3 Å². The second-order valence-corrected chi connectivity index (χ2v) is 5.49. The number of esters is 1. The topological polar surface area (TPSA) is 69.4 Å². The average molecular weight is 321 g/mol. The molecule has 24 heavy (non-hydrogen) atoms. The largest absolute Gasteiger partial charge is 0.426 e. The lowest BCUT2D eigenvalue weighted by molar-refractivity contribution is -0.385. The van der Waals surface area contributed by atoms with Crippen molar-refractivity contribution in [2.75, 3.05) is 0 Å². The van der Waals surface area contributed by atoms with Crippen molar-refractivity contribution in [3.8, 4) is 5.75 Å². The Morgan fingerprint density at radius 1 is 1.08 bits per heavy atom. The molecule has 3 aromatic rings. The fraction of sp³-hybridized carbons (Fsp3) is 0.105. The van der Waals surface area contributed by atoms with Gasteiger partial charge in [0.15, 0.2) is 0 Å². The van der Waals surface area contributed by atoms with Crippen LogP contribution in [-0.2, 0) is 11.2 Å². The van der Waals surface area contributed by atoms with Crippen LogP contribution in [-0.4, -0.2) is 10.9 Å². The zero-order valence-electron chi connectivity index (χ0n) is 13.1. The van der Waals surface area contributed by atoms with Crippen LogP contribution in [0.4, 0.5) is 5.69 Å². The molecule has 0 aliphatic rings. The van der Waals surface area contributed by atoms with Gasteiger partial charge in [0.1, 0.15) is 5.75 Å². The van der Waals surface area contributed by atoms with Gasteiger partial charge >= 0.3 is 5.97 Å². The minimum absolute atomic E-state index is 0.00357. The number of nitro groups is 1. The van der Waals surface area contributed by atoms with Gasteiger partial charge in [-0.05, 0) is 35.4 Å². The van der Waals surface area contributed by atoms with Gasteiger partial charge in [0.2, 0.25) is 0 Å². The lowest BCUT2D eigenvalue weighted by Gasteiger charge is -2.08. The monoisotopic (exact) mass is 321 g/mol. The summed E-state index contributed by atoms with van der Waals surface area (Å²) in [7, 11) is 0. The summed E-state index contributed by atoms with van der Waals surface area (Å²) in [5.41, 5.74) is 1.34. The number of ether oxygens (including phenoxy) is 1. The van der Waals surface area contributed by atoms with E-state index in [-0.39, 0.29) is 12.1 Å². The van der Waals surface area contributed by atoms with Gasteiger partial charge in [-0.3, -0.25) is 14.9 Å². The fourth-order valence-corrected chi connectivity index (χ4v) is 2.67. The molecule has 3 rings (SSSR count). The molecule has 0 aliphatic carbocycles. The van der Waals surface area contributed by atoms with E-state index in [9.17, 15) is 14.9 Å². The molecule has 0 radical (unpaired) electrons. The Morgan fingerprint density at radius 2 is 1.83 bits per heavy atom. The van der Waals surface area contributed by atoms with Gasteiger partial charge < -0.3 is 4.74 Å². The van der Waals surface area contributed by atoms with Crippen LogP contribution in [0.5, 0.6) is 5.75 Å². The second-order valence-electron chi connectivity index (χ2n) is 5.49. The van der Waals surface area contributed by atoms with Gasteiger partial charge in [-0.15, -0.1) is 0 Å². The summed E-state index contributed by atoms with van der Waals surface area (Å²) in [6.07, 6.45) is 0.136. The lowest BCUT2D eigenvalue weighted by atomic mass is 10.0. The molecule has 0 amide bonds. The summed E-state index contributed by atoms with van der Waals surface area (Å²) in [5, 5.41) is 12.9. The van der Waals surface area contributed by atoms with Crippen molar-refractivity contribution in [1.29, 1.82) is 0 Å². The summed E-state index contributed by atoms with van der Waals surface area (Å²) < 4.78 is 5.32. The molecule has 5 heteroatoms. The smallest absolute Gasteiger partial charge is 0.315 e. The van der Waals surface area contributed by atoms with Crippen molar-refractivity contribution in [3.63, 3.8) is 0 Å². The average Bonchev–Trinajstić information content (AvgIpc) is 2.55. The normalized spacial score (nSPS) is 10.5. The van der Waals surface area contributed by atoms with Crippen LogP contribution < -0.4 is 4.74 Å². The number of fused-ring (bicyclic) bond motifs is 1. The third-order valence-electron chi connectivity index (χ3n) is 3.81. The molecule has 0 fully saturated rings. The molecule has 5 nitrogen and oxygen atoms in total. The highest BCUT2D eigenvalue weighted by atomic mass is 16.6. The van der Waals surface area contributed by atoms with E-state index in [1.807, 2.05) is 42.5 Å². The molecule has 0 aromatic heterocycles. The second kappa shape index (κ2) is 6.50. The molecule has 0 saturated heterocycles. The van der Waals surface area contributed by atoms with Crippen LogP contribution >= 0.6 is 0 Å². The maximum Gasteiger partial charge on any atom is 0.315 e. The number of rotatable bonds is 4. The molecule has 0 spiro atoms. The Morgan fingerprint density at radius 3 is 2.58 bits per heavy atom. The van der Waals surface area contributed by atoms with Crippen LogP contribution in [0.2, 0.25) is 0 Å². The van der Waals surface area contributed by atoms with Crippen molar-refractivity contribution in [3.05, 3.63) is 81.9 Å². The number of benzene rings is 3. The molecular formula is C19H15NO4. The van der Waals surface area contributed by atoms with E-state index < -0.39 is 10.9 Å². The first-order valence-electron chi connectivity index (χ1n) is 7.47. The predicted molar refractivity (Wildman–Crippen MR) is 91.1 cm³/mol. The Labute approximate surface area is 138 Å². The van der Waals surface area contributed by atoms with E-state index in [1.54, 1.807) is 6.92 Å². The first-order chi connectivity index (χ1) is 11.5. The Bertz CT molecular complexity index is 928. The highest BCUT2D eigenvalue weighted by molar-refractivity contribution is 5.89. The third kappa shape index (κ3) is 3.25. The van der Waals surface area contributed by atoms with Crippen molar-refractivity contribution >= 4 is 22.4 Å². The van der Waals surface area contributed by atoms with E-state index in [2.05, 4.69) is 0 Å². The van der Waals surface area contributed by atoms with Gasteiger partial charge in [-0.25, -0.2) is 0 Å². The Kier molecular flexibility index (Phi) is 4.24. The Balaban J connectivity index is 1.78. The number of hydrogen-bond acceptors (Lipinski definition) is 4. The van der Waals surface area contributed by atoms with E-state index >= 15 is 0 Å². The fourth-order valence-electron chi connectivity index (χ4n) is 2.67. The predicted octanol–water partition coefficient (Wildman–Crippen LogP) is 4.20. The van der Waals surface area contributed by atoms with Crippen LogP contribution in [0.15, 0.2) is 60.7 Å². The molecular weight excluding hydrogens is 306 g/mol. The van der Waals surface area contributed by atoms with Crippen LogP contribution in [0, 0.1) is 17.0 Å². The van der Waals surface area contributed by atoms with E-state index in [4.69, 9.17) is 4.74 Å². The standard InChI is InChI=1S/C19H15NO4/c1-13-11-16(9-10-18(13)20(22)23)24-19(21)12-15-7-4-6-14-5-2-3-8-17(14)15/h2-11H,12H2,1H3. The highest BCUT2D eigenvalue weighted by Gasteiger charge is 2.13. The van der Waals surface area contributed by atoms with Crippen molar-refractivity contribution < 1.29 is 14.5 Å². The molecule has 0 heterocycles. The third-order valence-corrected chi connectivity index (χ3v) is 3.81. The van der Waals surface area contributed by atoms with Gasteiger partial charge in [-0.1, -0.05) is 42.5 Å². The van der Waals surface area contributed by atoms with Crippen LogP contribution in [0.3, 0.4) is 0 Å². The van der Waals surface area contributed by atoms with Crippen molar-refractivity contribution in [1.82, 2.24) is 0 Å². The van der Waals surface area contributed by atoms with Crippen molar-refractivity contribution in [2.45, 2.75) is 13.3 Å². The number of carbonyl (C=O) groups is 1. The van der Waals surface area contributed by atoms with Gasteiger partial charge in [-0.2, -0.15) is 0 Å². The van der Waals surface area contributed by atoms with E-state index in [0.29, 0.717) is 11.3 Å². The van der Waals surface area contributed by atoms with Gasteiger partial charge in [0.25, 0.3) is 5.69 Å². The van der Waals surface area contributed by atoms with E-state index in [1.165, 1.54) is 18.2 Å². The lowest BCUT2D eigenvalue weighted by Crippen LogP contribution is -2.11. The quantitative estimate of drug-likeness (QED) is 0.312. The summed E-state index contributed by atoms with van der Waals surface area (Å²) in [6, 6.07) is 17.9. The molecule has 0 aliphatic heterocycles. The number of aryl methyl sites for hydroxylation is 1. The van der Waals surface area contributed by atoms with Gasteiger partial charge in [0, 0.05) is 11.6 Å². The van der Waals surface area contributed by atoms with Crippen LogP contribution in [0.25, 0.3) is 10.8 Å². The maximum absolute atomic E-state index is 12.2.